The molecule has 0 spiro atoms. The molecule has 0 amide bonds. The van der Waals surface area contributed by atoms with E-state index in [-0.39, 0.29) is 0 Å². The van der Waals surface area contributed by atoms with Crippen LogP contribution in [0, 0.1) is 11.3 Å². The zero-order chi connectivity index (χ0) is 51.4. The number of nitriles is 1. The normalized spacial score (nSPS) is 11.8. The highest BCUT2D eigenvalue weighted by Crippen LogP contribution is 2.49. The number of aromatic nitrogens is 7. The van der Waals surface area contributed by atoms with E-state index in [0.717, 1.165) is 133 Å². The van der Waals surface area contributed by atoms with Crippen molar-refractivity contribution in [3.05, 3.63) is 260 Å². The lowest BCUT2D eigenvalue weighted by atomic mass is 10.0. The van der Waals surface area contributed by atoms with Gasteiger partial charge in [0.25, 0.3) is 0 Å². The van der Waals surface area contributed by atoms with E-state index >= 15 is 0 Å². The third-order valence-electron chi connectivity index (χ3n) is 15.6. The van der Waals surface area contributed by atoms with Crippen LogP contribution >= 0.6 is 0 Å². The summed E-state index contributed by atoms with van der Waals surface area (Å²) in [4.78, 5) is 17.6. The van der Waals surface area contributed by atoms with Gasteiger partial charge >= 0.3 is 0 Å². The Bertz CT molecular complexity index is 4700. The lowest BCUT2D eigenvalue weighted by molar-refractivity contribution is 0.958. The zero-order valence-corrected chi connectivity index (χ0v) is 41.8. The van der Waals surface area contributed by atoms with Gasteiger partial charge in [-0.3, -0.25) is 9.13 Å². The molecule has 6 aromatic heterocycles. The second-order valence-electron chi connectivity index (χ2n) is 19.8. The van der Waals surface area contributed by atoms with Gasteiger partial charge in [0.1, 0.15) is 11.4 Å². The summed E-state index contributed by atoms with van der Waals surface area (Å²) in [6.45, 7) is 0. The summed E-state index contributed by atoms with van der Waals surface area (Å²) >= 11 is 0. The summed E-state index contributed by atoms with van der Waals surface area (Å²) in [7, 11) is 0. The predicted molar refractivity (Wildman–Crippen MR) is 318 cm³/mol. The molecule has 0 aliphatic rings. The topological polar surface area (TPSA) is 82.2 Å². The molecule has 8 nitrogen and oxygen atoms in total. The first-order valence-electron chi connectivity index (χ1n) is 26.2. The minimum Gasteiger partial charge on any atom is -0.305 e. The highest BCUT2D eigenvalue weighted by atomic mass is 15.2. The molecule has 0 bridgehead atoms. The Hall–Kier alpha value is -10.9. The van der Waals surface area contributed by atoms with Gasteiger partial charge in [-0.2, -0.15) is 5.26 Å². The molecule has 0 aliphatic heterocycles. The number of para-hydroxylation sites is 8. The van der Waals surface area contributed by atoms with Crippen LogP contribution in [0.25, 0.3) is 144 Å². The van der Waals surface area contributed by atoms with Crippen LogP contribution in [0.2, 0.25) is 0 Å². The number of rotatable bonds is 7. The van der Waals surface area contributed by atoms with Gasteiger partial charge in [-0.05, 0) is 78.9 Å². The SMILES string of the molecule is N#Cc1ccc(-c2nc(-c3ccccc3)cc(-c3c(-n4c5ccccc5c5ccccc54)c(-n4c5ccccc5c5ccccc54)nc(-n4c5ccccc5c5ccccc54)c3-n3c4ccccc4c4ccccc43)n2)cc1. The molecule has 16 rings (SSSR count). The van der Waals surface area contributed by atoms with Crippen LogP contribution in [0.15, 0.2) is 255 Å². The number of nitrogens with zero attached hydrogens (tertiary/aromatic N) is 8. The lowest BCUT2D eigenvalue weighted by Crippen LogP contribution is -2.16. The molecule has 8 heteroatoms. The van der Waals surface area contributed by atoms with Crippen LogP contribution in [0.5, 0.6) is 0 Å². The van der Waals surface area contributed by atoms with Gasteiger partial charge < -0.3 is 9.13 Å². The fraction of sp³-hybridized carbons (Fsp3) is 0. The van der Waals surface area contributed by atoms with Crippen LogP contribution in [-0.2, 0) is 0 Å². The third kappa shape index (κ3) is 6.36. The van der Waals surface area contributed by atoms with Gasteiger partial charge in [0.05, 0.1) is 72.7 Å². The molecule has 0 atom stereocenters. The van der Waals surface area contributed by atoms with E-state index in [4.69, 9.17) is 15.0 Å². The molecular formula is C70H42N8. The van der Waals surface area contributed by atoms with Crippen molar-refractivity contribution < 1.29 is 0 Å². The van der Waals surface area contributed by atoms with Crippen molar-refractivity contribution in [2.75, 3.05) is 0 Å². The van der Waals surface area contributed by atoms with E-state index in [1.165, 1.54) is 0 Å². The summed E-state index contributed by atoms with van der Waals surface area (Å²) in [5, 5.41) is 18.9. The van der Waals surface area contributed by atoms with E-state index < -0.39 is 0 Å². The Labute approximate surface area is 446 Å². The molecule has 0 saturated carbocycles. The lowest BCUT2D eigenvalue weighted by Gasteiger charge is -2.26. The van der Waals surface area contributed by atoms with Gasteiger partial charge in [0.15, 0.2) is 17.5 Å². The molecule has 362 valence electrons. The smallest absolute Gasteiger partial charge is 0.165 e. The first-order chi connectivity index (χ1) is 38.7. The number of benzene rings is 10. The predicted octanol–water partition coefficient (Wildman–Crippen LogP) is 17.1. The largest absolute Gasteiger partial charge is 0.305 e. The molecule has 0 unspecified atom stereocenters. The van der Waals surface area contributed by atoms with Crippen molar-refractivity contribution in [3.8, 4) is 63.0 Å². The van der Waals surface area contributed by atoms with Gasteiger partial charge in [-0.1, -0.05) is 176 Å². The number of hydrogen-bond acceptors (Lipinski definition) is 4. The van der Waals surface area contributed by atoms with Crippen LogP contribution in [0.1, 0.15) is 5.56 Å². The van der Waals surface area contributed by atoms with Crippen LogP contribution in [-0.4, -0.2) is 33.2 Å². The Morgan fingerprint density at radius 1 is 0.282 bits per heavy atom. The summed E-state index contributed by atoms with van der Waals surface area (Å²) in [5.74, 6) is 1.95. The van der Waals surface area contributed by atoms with E-state index in [1.807, 2.05) is 30.3 Å². The maximum Gasteiger partial charge on any atom is 0.165 e. The molecule has 10 aromatic carbocycles. The molecule has 0 aliphatic carbocycles. The summed E-state index contributed by atoms with van der Waals surface area (Å²) in [6, 6.07) is 92.0. The van der Waals surface area contributed by atoms with Crippen molar-refractivity contribution in [2.45, 2.75) is 0 Å². The minimum atomic E-state index is 0.519. The minimum absolute atomic E-state index is 0.519. The molecule has 0 N–H and O–H groups in total. The highest BCUT2D eigenvalue weighted by Gasteiger charge is 2.33. The second-order valence-corrected chi connectivity index (χ2v) is 19.8. The van der Waals surface area contributed by atoms with Gasteiger partial charge in [-0.25, -0.2) is 15.0 Å². The van der Waals surface area contributed by atoms with Crippen LogP contribution in [0.3, 0.4) is 0 Å². The van der Waals surface area contributed by atoms with E-state index in [0.29, 0.717) is 17.1 Å². The Morgan fingerprint density at radius 2 is 0.590 bits per heavy atom. The Kier molecular flexibility index (Phi) is 9.53. The molecule has 16 aromatic rings. The molecule has 6 heterocycles. The second kappa shape index (κ2) is 17.1. The first-order valence-corrected chi connectivity index (χ1v) is 26.2. The van der Waals surface area contributed by atoms with E-state index in [9.17, 15) is 5.26 Å². The third-order valence-corrected chi connectivity index (χ3v) is 15.6. The number of hydrogen-bond donors (Lipinski definition) is 0. The molecular weight excluding hydrogens is 953 g/mol. The maximum atomic E-state index is 10.0. The Balaban J connectivity index is 1.23. The molecule has 0 fully saturated rings. The van der Waals surface area contributed by atoms with Crippen molar-refractivity contribution in [1.82, 2.24) is 33.2 Å². The first kappa shape index (κ1) is 43.5. The molecule has 78 heavy (non-hydrogen) atoms. The van der Waals surface area contributed by atoms with Gasteiger partial charge in [0, 0.05) is 54.2 Å². The highest BCUT2D eigenvalue weighted by molar-refractivity contribution is 6.15. The summed E-state index contributed by atoms with van der Waals surface area (Å²) < 4.78 is 9.62. The average Bonchev–Trinajstić information content (AvgIpc) is 4.13. The van der Waals surface area contributed by atoms with Gasteiger partial charge in [-0.15, -0.1) is 0 Å². The average molecular weight is 995 g/mol. The molecule has 0 saturated heterocycles. The van der Waals surface area contributed by atoms with Crippen molar-refractivity contribution in [3.63, 3.8) is 0 Å². The van der Waals surface area contributed by atoms with Crippen molar-refractivity contribution in [1.29, 1.82) is 5.26 Å². The Morgan fingerprint density at radius 3 is 0.936 bits per heavy atom. The fourth-order valence-corrected chi connectivity index (χ4v) is 12.3. The monoisotopic (exact) mass is 994 g/mol. The number of pyridine rings is 1. The quantitative estimate of drug-likeness (QED) is 0.159. The van der Waals surface area contributed by atoms with E-state index in [2.05, 4.69) is 249 Å². The number of fused-ring (bicyclic) bond motifs is 12. The van der Waals surface area contributed by atoms with Crippen molar-refractivity contribution in [2.24, 2.45) is 0 Å². The van der Waals surface area contributed by atoms with Crippen LogP contribution < -0.4 is 0 Å². The molecule has 0 radical (unpaired) electrons. The summed E-state index contributed by atoms with van der Waals surface area (Å²) in [6.07, 6.45) is 0. The standard InChI is InChI=1S/C70H42N8/c71-43-44-38-40-46(41-39-44)68-72-55(45-20-2-1-3-21-45)42-56(73-68)65-66(75-57-30-12-4-22-47(57)48-23-5-13-31-58(48)75)69(77-61-34-16-8-26-51(61)52-27-9-17-35-62(52)77)74-70(78-63-36-18-10-28-53(63)54-29-11-19-37-64(54)78)67(65)76-59-32-14-6-24-49(59)50-25-7-15-33-60(50)76/h1-42H. The maximum absolute atomic E-state index is 10.0. The summed E-state index contributed by atoms with van der Waals surface area (Å²) in [5.41, 5.74) is 14.4. The van der Waals surface area contributed by atoms with Crippen LogP contribution in [0.4, 0.5) is 0 Å². The van der Waals surface area contributed by atoms with Crippen molar-refractivity contribution >= 4 is 87.2 Å². The fourth-order valence-electron chi connectivity index (χ4n) is 12.3. The van der Waals surface area contributed by atoms with E-state index in [1.54, 1.807) is 0 Å². The zero-order valence-electron chi connectivity index (χ0n) is 41.8. The van der Waals surface area contributed by atoms with Gasteiger partial charge in [0.2, 0.25) is 0 Å².